The maximum atomic E-state index is 10.6. The molecule has 0 unspecified atom stereocenters. The standard InChI is InChI=1S/C16H12Cl2O2/c1-20-16-14(17)10-13(11-6-3-2-4-7-11)12(15(16)18)8-5-9-19/h2-10H,1H3. The minimum absolute atomic E-state index is 0.386. The molecule has 0 aromatic heterocycles. The van der Waals surface area contributed by atoms with Gasteiger partial charge in [-0.3, -0.25) is 4.79 Å². The van der Waals surface area contributed by atoms with Crippen LogP contribution in [0.3, 0.4) is 0 Å². The van der Waals surface area contributed by atoms with Crippen molar-refractivity contribution in [1.29, 1.82) is 0 Å². The summed E-state index contributed by atoms with van der Waals surface area (Å²) in [5.41, 5.74) is 2.51. The Hall–Kier alpha value is -1.77. The largest absolute Gasteiger partial charge is 0.494 e. The third-order valence-electron chi connectivity index (χ3n) is 2.84. The van der Waals surface area contributed by atoms with Crippen LogP contribution in [0.5, 0.6) is 5.75 Å². The summed E-state index contributed by atoms with van der Waals surface area (Å²) < 4.78 is 5.20. The fourth-order valence-electron chi connectivity index (χ4n) is 1.96. The first-order valence-electron chi connectivity index (χ1n) is 5.92. The summed E-state index contributed by atoms with van der Waals surface area (Å²) in [4.78, 5) is 10.6. The molecule has 0 saturated carbocycles. The fourth-order valence-corrected chi connectivity index (χ4v) is 2.63. The van der Waals surface area contributed by atoms with Gasteiger partial charge < -0.3 is 4.74 Å². The SMILES string of the molecule is COc1c(Cl)cc(-c2ccccc2)c(C=CC=O)c1Cl. The fraction of sp³-hybridized carbons (Fsp3) is 0.0625. The quantitative estimate of drug-likeness (QED) is 0.594. The maximum Gasteiger partial charge on any atom is 0.156 e. The molecule has 2 nitrogen and oxygen atoms in total. The van der Waals surface area contributed by atoms with Crippen LogP contribution in [-0.2, 0) is 4.79 Å². The zero-order chi connectivity index (χ0) is 14.5. The number of benzene rings is 2. The van der Waals surface area contributed by atoms with Crippen LogP contribution in [0.1, 0.15) is 5.56 Å². The van der Waals surface area contributed by atoms with Gasteiger partial charge in [0, 0.05) is 5.56 Å². The number of allylic oxidation sites excluding steroid dienone is 1. The number of ether oxygens (including phenoxy) is 1. The summed E-state index contributed by atoms with van der Waals surface area (Å²) in [5, 5.41) is 0.816. The van der Waals surface area contributed by atoms with Crippen LogP contribution in [0.15, 0.2) is 42.5 Å². The van der Waals surface area contributed by atoms with E-state index >= 15 is 0 Å². The molecule has 20 heavy (non-hydrogen) atoms. The first-order valence-corrected chi connectivity index (χ1v) is 6.68. The lowest BCUT2D eigenvalue weighted by Gasteiger charge is -2.14. The molecular weight excluding hydrogens is 295 g/mol. The van der Waals surface area contributed by atoms with Gasteiger partial charge in [0.25, 0.3) is 0 Å². The second-order valence-corrected chi connectivity index (χ2v) is 4.81. The van der Waals surface area contributed by atoms with E-state index in [0.717, 1.165) is 11.1 Å². The molecule has 2 aromatic carbocycles. The Balaban J connectivity index is 2.73. The monoisotopic (exact) mass is 306 g/mol. The van der Waals surface area contributed by atoms with Crippen molar-refractivity contribution in [2.45, 2.75) is 0 Å². The molecule has 0 bridgehead atoms. The Morgan fingerprint density at radius 1 is 1.15 bits per heavy atom. The van der Waals surface area contributed by atoms with Crippen molar-refractivity contribution in [2.24, 2.45) is 0 Å². The normalized spacial score (nSPS) is 10.8. The van der Waals surface area contributed by atoms with Crippen LogP contribution in [0.4, 0.5) is 0 Å². The predicted molar refractivity (Wildman–Crippen MR) is 83.5 cm³/mol. The Morgan fingerprint density at radius 3 is 2.45 bits per heavy atom. The molecule has 2 aromatic rings. The summed E-state index contributed by atoms with van der Waals surface area (Å²) in [7, 11) is 1.50. The van der Waals surface area contributed by atoms with E-state index in [4.69, 9.17) is 27.9 Å². The molecule has 0 N–H and O–H groups in total. The van der Waals surface area contributed by atoms with E-state index < -0.39 is 0 Å². The van der Waals surface area contributed by atoms with Gasteiger partial charge in [0.15, 0.2) is 5.75 Å². The lowest BCUT2D eigenvalue weighted by atomic mass is 9.99. The molecule has 0 aliphatic heterocycles. The maximum absolute atomic E-state index is 10.6. The Bertz CT molecular complexity index is 649. The van der Waals surface area contributed by atoms with E-state index in [1.54, 1.807) is 12.1 Å². The van der Waals surface area contributed by atoms with Gasteiger partial charge in [-0.05, 0) is 29.3 Å². The van der Waals surface area contributed by atoms with Gasteiger partial charge in [0.2, 0.25) is 0 Å². The zero-order valence-corrected chi connectivity index (χ0v) is 12.3. The van der Waals surface area contributed by atoms with Crippen LogP contribution in [-0.4, -0.2) is 13.4 Å². The van der Waals surface area contributed by atoms with Crippen molar-refractivity contribution in [3.05, 3.63) is 58.1 Å². The van der Waals surface area contributed by atoms with Crippen LogP contribution in [0.2, 0.25) is 10.0 Å². The molecule has 4 heteroatoms. The summed E-state index contributed by atoms with van der Waals surface area (Å²) in [6.45, 7) is 0. The Kier molecular flexibility index (Phi) is 4.83. The molecule has 102 valence electrons. The number of methoxy groups -OCH3 is 1. The molecule has 0 amide bonds. The second kappa shape index (κ2) is 6.60. The van der Waals surface area contributed by atoms with Crippen molar-refractivity contribution < 1.29 is 9.53 Å². The van der Waals surface area contributed by atoms with Gasteiger partial charge in [-0.25, -0.2) is 0 Å². The molecule has 0 saturated heterocycles. The topological polar surface area (TPSA) is 26.3 Å². The molecule has 0 spiro atoms. The molecule has 0 aliphatic rings. The minimum Gasteiger partial charge on any atom is -0.494 e. The summed E-state index contributed by atoms with van der Waals surface area (Å²) in [5.74, 6) is 0.401. The molecule has 0 heterocycles. The van der Waals surface area contributed by atoms with Gasteiger partial charge in [0.1, 0.15) is 6.29 Å². The van der Waals surface area contributed by atoms with E-state index in [1.165, 1.54) is 13.2 Å². The van der Waals surface area contributed by atoms with E-state index in [9.17, 15) is 4.79 Å². The van der Waals surface area contributed by atoms with Crippen molar-refractivity contribution in [3.63, 3.8) is 0 Å². The Morgan fingerprint density at radius 2 is 1.85 bits per heavy atom. The van der Waals surface area contributed by atoms with Gasteiger partial charge in [-0.15, -0.1) is 0 Å². The summed E-state index contributed by atoms with van der Waals surface area (Å²) >= 11 is 12.5. The first kappa shape index (κ1) is 14.6. The van der Waals surface area contributed by atoms with Gasteiger partial charge in [-0.2, -0.15) is 0 Å². The van der Waals surface area contributed by atoms with Crippen molar-refractivity contribution in [1.82, 2.24) is 0 Å². The number of rotatable bonds is 4. The number of hydrogen-bond donors (Lipinski definition) is 0. The molecule has 0 radical (unpaired) electrons. The molecule has 0 atom stereocenters. The number of carbonyl (C=O) groups excluding carboxylic acids is 1. The summed E-state index contributed by atoms with van der Waals surface area (Å²) in [6, 6.07) is 11.5. The van der Waals surface area contributed by atoms with Gasteiger partial charge >= 0.3 is 0 Å². The smallest absolute Gasteiger partial charge is 0.156 e. The highest BCUT2D eigenvalue weighted by molar-refractivity contribution is 6.38. The molecule has 2 rings (SSSR count). The number of aldehydes is 1. The molecule has 0 fully saturated rings. The van der Waals surface area contributed by atoms with E-state index in [0.29, 0.717) is 27.6 Å². The zero-order valence-electron chi connectivity index (χ0n) is 10.8. The third kappa shape index (κ3) is 2.87. The summed E-state index contributed by atoms with van der Waals surface area (Å²) in [6.07, 6.45) is 3.74. The predicted octanol–water partition coefficient (Wildman–Crippen LogP) is 4.88. The van der Waals surface area contributed by atoms with E-state index in [1.807, 2.05) is 30.3 Å². The van der Waals surface area contributed by atoms with Crippen molar-refractivity contribution in [2.75, 3.05) is 7.11 Å². The first-order chi connectivity index (χ1) is 9.69. The van der Waals surface area contributed by atoms with Crippen LogP contribution < -0.4 is 4.74 Å². The number of halogens is 2. The van der Waals surface area contributed by atoms with Crippen molar-refractivity contribution >= 4 is 35.6 Å². The highest BCUT2D eigenvalue weighted by Crippen LogP contribution is 2.41. The molecular formula is C16H12Cl2O2. The highest BCUT2D eigenvalue weighted by Gasteiger charge is 2.15. The Labute approximate surface area is 127 Å². The van der Waals surface area contributed by atoms with Gasteiger partial charge in [0.05, 0.1) is 17.2 Å². The third-order valence-corrected chi connectivity index (χ3v) is 3.50. The average molecular weight is 307 g/mol. The lowest BCUT2D eigenvalue weighted by molar-refractivity contribution is -0.104. The highest BCUT2D eigenvalue weighted by atomic mass is 35.5. The van der Waals surface area contributed by atoms with Crippen LogP contribution in [0.25, 0.3) is 17.2 Å². The van der Waals surface area contributed by atoms with E-state index in [2.05, 4.69) is 0 Å². The van der Waals surface area contributed by atoms with Crippen LogP contribution >= 0.6 is 23.2 Å². The lowest BCUT2D eigenvalue weighted by Crippen LogP contribution is -1.92. The van der Waals surface area contributed by atoms with Gasteiger partial charge in [-0.1, -0.05) is 53.5 Å². The molecule has 0 aliphatic carbocycles. The second-order valence-electron chi connectivity index (χ2n) is 4.03. The number of carbonyl (C=O) groups is 1. The van der Waals surface area contributed by atoms with Crippen molar-refractivity contribution in [3.8, 4) is 16.9 Å². The average Bonchev–Trinajstić information content (AvgIpc) is 2.47. The minimum atomic E-state index is 0.386. The number of hydrogen-bond acceptors (Lipinski definition) is 2. The van der Waals surface area contributed by atoms with E-state index in [-0.39, 0.29) is 0 Å². The van der Waals surface area contributed by atoms with Crippen LogP contribution in [0, 0.1) is 0 Å².